The van der Waals surface area contributed by atoms with Crippen molar-refractivity contribution in [1.29, 1.82) is 0 Å². The van der Waals surface area contributed by atoms with Crippen molar-refractivity contribution in [3.8, 4) is 0 Å². The molecule has 42 heavy (non-hydrogen) atoms. The quantitative estimate of drug-likeness (QED) is 0.217. The van der Waals surface area contributed by atoms with E-state index in [-0.39, 0.29) is 29.5 Å². The van der Waals surface area contributed by atoms with E-state index in [1.54, 1.807) is 25.1 Å². The van der Waals surface area contributed by atoms with Gasteiger partial charge in [-0.15, -0.1) is 0 Å². The number of hydrogen-bond acceptors (Lipinski definition) is 4. The molecule has 2 amide bonds. The molecule has 0 bridgehead atoms. The third-order valence-corrected chi connectivity index (χ3v) is 8.93. The van der Waals surface area contributed by atoms with Gasteiger partial charge in [0.2, 0.25) is 11.8 Å². The lowest BCUT2D eigenvalue weighted by Gasteiger charge is -2.33. The van der Waals surface area contributed by atoms with E-state index in [1.807, 2.05) is 54.6 Å². The SMILES string of the molecule is CCNC(=O)[C@@H](Cc1ccccc1)N(Cc1ccc(Br)cc1)C(=O)CN(c1ccc(F)cc1)S(=O)(=O)c1ccccc1. The van der Waals surface area contributed by atoms with E-state index < -0.39 is 34.3 Å². The average molecular weight is 653 g/mol. The average Bonchev–Trinajstić information content (AvgIpc) is 3.00. The molecule has 0 aliphatic rings. The molecule has 1 N–H and O–H groups in total. The molecule has 7 nitrogen and oxygen atoms in total. The predicted molar refractivity (Wildman–Crippen MR) is 165 cm³/mol. The van der Waals surface area contributed by atoms with Crippen molar-refractivity contribution >= 4 is 43.5 Å². The van der Waals surface area contributed by atoms with E-state index >= 15 is 0 Å². The minimum atomic E-state index is -4.23. The van der Waals surface area contributed by atoms with E-state index in [9.17, 15) is 22.4 Å². The topological polar surface area (TPSA) is 86.8 Å². The molecule has 0 fully saturated rings. The van der Waals surface area contributed by atoms with Crippen LogP contribution in [0.4, 0.5) is 10.1 Å². The van der Waals surface area contributed by atoms with Crippen LogP contribution >= 0.6 is 15.9 Å². The molecule has 4 rings (SSSR count). The minimum Gasteiger partial charge on any atom is -0.355 e. The number of hydrogen-bond donors (Lipinski definition) is 1. The molecule has 0 saturated heterocycles. The third kappa shape index (κ3) is 7.83. The Morgan fingerprint density at radius 3 is 2.02 bits per heavy atom. The Labute approximate surface area is 254 Å². The zero-order valence-corrected chi connectivity index (χ0v) is 25.4. The van der Waals surface area contributed by atoms with Crippen LogP contribution in [0.3, 0.4) is 0 Å². The summed E-state index contributed by atoms with van der Waals surface area (Å²) in [7, 11) is -4.23. The second kappa shape index (κ2) is 14.2. The monoisotopic (exact) mass is 651 g/mol. The van der Waals surface area contributed by atoms with Crippen LogP contribution in [-0.4, -0.2) is 44.3 Å². The summed E-state index contributed by atoms with van der Waals surface area (Å²) in [5, 5.41) is 2.83. The number of likely N-dealkylation sites (N-methyl/N-ethyl adjacent to an activating group) is 1. The molecule has 0 radical (unpaired) electrons. The smallest absolute Gasteiger partial charge is 0.264 e. The van der Waals surface area contributed by atoms with Crippen molar-refractivity contribution in [2.75, 3.05) is 17.4 Å². The first-order valence-corrected chi connectivity index (χ1v) is 15.6. The standard InChI is InChI=1S/C32H31BrFN3O4S/c1-2-35-32(39)30(21-24-9-5-3-6-10-24)36(22-25-13-15-26(33)16-14-25)31(38)23-37(28-19-17-27(34)18-20-28)42(40,41)29-11-7-4-8-12-29/h3-20,30H,2,21-23H2,1H3,(H,35,39)/t30-/m1/s1. The molecule has 0 spiro atoms. The summed E-state index contributed by atoms with van der Waals surface area (Å²) in [5.74, 6) is -1.49. The number of sulfonamides is 1. The van der Waals surface area contributed by atoms with Gasteiger partial charge in [-0.3, -0.25) is 13.9 Å². The number of anilines is 1. The second-order valence-electron chi connectivity index (χ2n) is 9.55. The van der Waals surface area contributed by atoms with Crippen LogP contribution in [-0.2, 0) is 32.6 Å². The minimum absolute atomic E-state index is 0.0221. The number of carbonyl (C=O) groups excluding carboxylic acids is 2. The normalized spacial score (nSPS) is 11.9. The molecule has 10 heteroatoms. The van der Waals surface area contributed by atoms with E-state index in [0.29, 0.717) is 6.54 Å². The Hall–Kier alpha value is -4.02. The highest BCUT2D eigenvalue weighted by molar-refractivity contribution is 9.10. The van der Waals surface area contributed by atoms with Gasteiger partial charge >= 0.3 is 0 Å². The number of halogens is 2. The highest BCUT2D eigenvalue weighted by Crippen LogP contribution is 2.25. The molecule has 218 valence electrons. The second-order valence-corrected chi connectivity index (χ2v) is 12.3. The summed E-state index contributed by atoms with van der Waals surface area (Å²) in [6, 6.07) is 28.4. The Balaban J connectivity index is 1.78. The fourth-order valence-electron chi connectivity index (χ4n) is 4.49. The third-order valence-electron chi connectivity index (χ3n) is 6.61. The van der Waals surface area contributed by atoms with Gasteiger partial charge < -0.3 is 10.2 Å². The maximum atomic E-state index is 14.2. The van der Waals surface area contributed by atoms with Crippen molar-refractivity contribution < 1.29 is 22.4 Å². The van der Waals surface area contributed by atoms with Crippen LogP contribution in [0.15, 0.2) is 119 Å². The molecule has 0 aromatic heterocycles. The summed E-state index contributed by atoms with van der Waals surface area (Å²) in [6.45, 7) is 1.60. The number of nitrogens with one attached hydrogen (secondary N) is 1. The molecular formula is C32H31BrFN3O4S. The van der Waals surface area contributed by atoms with Gasteiger partial charge in [-0.25, -0.2) is 12.8 Å². The predicted octanol–water partition coefficient (Wildman–Crippen LogP) is 5.56. The molecule has 0 aliphatic heterocycles. The van der Waals surface area contributed by atoms with Gasteiger partial charge in [0, 0.05) is 24.0 Å². The van der Waals surface area contributed by atoms with Gasteiger partial charge in [0.15, 0.2) is 0 Å². The fraction of sp³-hybridized carbons (Fsp3) is 0.188. The maximum Gasteiger partial charge on any atom is 0.264 e. The zero-order chi connectivity index (χ0) is 30.1. The lowest BCUT2D eigenvalue weighted by atomic mass is 10.0. The highest BCUT2D eigenvalue weighted by atomic mass is 79.9. The number of rotatable bonds is 12. The Morgan fingerprint density at radius 1 is 0.833 bits per heavy atom. The van der Waals surface area contributed by atoms with Crippen LogP contribution in [0.5, 0.6) is 0 Å². The Morgan fingerprint density at radius 2 is 1.43 bits per heavy atom. The van der Waals surface area contributed by atoms with Crippen molar-refractivity contribution in [2.45, 2.75) is 30.8 Å². The van der Waals surface area contributed by atoms with Gasteiger partial charge in [-0.1, -0.05) is 76.6 Å². The summed E-state index contributed by atoms with van der Waals surface area (Å²) in [5.41, 5.74) is 1.72. The highest BCUT2D eigenvalue weighted by Gasteiger charge is 2.34. The molecule has 1 atom stereocenters. The van der Waals surface area contributed by atoms with Crippen molar-refractivity contribution in [3.05, 3.63) is 131 Å². The molecule has 0 heterocycles. The summed E-state index contributed by atoms with van der Waals surface area (Å²) >= 11 is 3.42. The van der Waals surface area contributed by atoms with E-state index in [2.05, 4.69) is 21.2 Å². The largest absolute Gasteiger partial charge is 0.355 e. The molecule has 0 unspecified atom stereocenters. The molecule has 4 aromatic carbocycles. The zero-order valence-electron chi connectivity index (χ0n) is 23.0. The van der Waals surface area contributed by atoms with Crippen molar-refractivity contribution in [1.82, 2.24) is 10.2 Å². The van der Waals surface area contributed by atoms with Crippen molar-refractivity contribution in [2.24, 2.45) is 0 Å². The van der Waals surface area contributed by atoms with Crippen LogP contribution in [0.1, 0.15) is 18.1 Å². The Bertz CT molecular complexity index is 1590. The first-order valence-electron chi connectivity index (χ1n) is 13.4. The van der Waals surface area contributed by atoms with E-state index in [0.717, 1.165) is 32.0 Å². The molecule has 0 aliphatic carbocycles. The maximum absolute atomic E-state index is 14.2. The Kier molecular flexibility index (Phi) is 10.5. The summed E-state index contributed by atoms with van der Waals surface area (Å²) in [6.07, 6.45) is 0.219. The summed E-state index contributed by atoms with van der Waals surface area (Å²) < 4.78 is 43.3. The lowest BCUT2D eigenvalue weighted by molar-refractivity contribution is -0.140. The van der Waals surface area contributed by atoms with Crippen LogP contribution in [0.2, 0.25) is 0 Å². The molecule has 0 saturated carbocycles. The van der Waals surface area contributed by atoms with Gasteiger partial charge in [-0.2, -0.15) is 0 Å². The first kappa shape index (κ1) is 30.9. The van der Waals surface area contributed by atoms with Gasteiger partial charge in [-0.05, 0) is 66.6 Å². The number of benzene rings is 4. The van der Waals surface area contributed by atoms with Crippen molar-refractivity contribution in [3.63, 3.8) is 0 Å². The molecule has 4 aromatic rings. The summed E-state index contributed by atoms with van der Waals surface area (Å²) in [4.78, 5) is 29.1. The molecular weight excluding hydrogens is 621 g/mol. The number of amides is 2. The fourth-order valence-corrected chi connectivity index (χ4v) is 6.19. The van der Waals surface area contributed by atoms with Crippen LogP contribution in [0.25, 0.3) is 0 Å². The van der Waals surface area contributed by atoms with Gasteiger partial charge in [0.1, 0.15) is 18.4 Å². The van der Waals surface area contributed by atoms with Gasteiger partial charge in [0.05, 0.1) is 10.6 Å². The van der Waals surface area contributed by atoms with Crippen LogP contribution < -0.4 is 9.62 Å². The number of carbonyl (C=O) groups is 2. The lowest BCUT2D eigenvalue weighted by Crippen LogP contribution is -2.53. The first-order chi connectivity index (χ1) is 20.2. The van der Waals surface area contributed by atoms with E-state index in [4.69, 9.17) is 0 Å². The van der Waals surface area contributed by atoms with Crippen LogP contribution in [0, 0.1) is 5.82 Å². The number of nitrogens with zero attached hydrogens (tertiary/aromatic N) is 2. The van der Waals surface area contributed by atoms with Gasteiger partial charge in [0.25, 0.3) is 10.0 Å². The van der Waals surface area contributed by atoms with E-state index in [1.165, 1.54) is 29.2 Å².